The van der Waals surface area contributed by atoms with Gasteiger partial charge in [-0.05, 0) is 144 Å². The summed E-state index contributed by atoms with van der Waals surface area (Å²) in [4.78, 5) is 8.27. The first kappa shape index (κ1) is 42.3. The largest absolute Gasteiger partial charge is 0.494 e. The van der Waals surface area contributed by atoms with E-state index in [4.69, 9.17) is 16.0 Å². The van der Waals surface area contributed by atoms with Crippen LogP contribution in [0.2, 0.25) is 0 Å². The van der Waals surface area contributed by atoms with Crippen LogP contribution >= 0.6 is 0 Å². The van der Waals surface area contributed by atoms with Crippen LogP contribution in [0.5, 0.6) is 11.5 Å². The standard InChI is InChI=1S/C56H50N4O2/c1-4-6-38-61-54-34-30-52(31-35-54)59(48-14-10-8-11-15-48)50-26-20-43(21-27-50)18-24-45-41-56(58-3)46(40-47(45)42-57)25-19-44-22-28-51(29-23-44)60(49-16-12-9-13-17-49)53-32-36-55(37-33-53)62-39-7-5-2/h8-37,40-41H,4-7,38-39H2,1-2H3/b24-18+,25-19+. The Balaban J connectivity index is 1.07. The number of para-hydroxylation sites is 2. The number of nitrogens with zero attached hydrogens (tertiary/aromatic N) is 4. The normalized spacial score (nSPS) is 11.0. The lowest BCUT2D eigenvalue weighted by molar-refractivity contribution is 0.309. The average Bonchev–Trinajstić information content (AvgIpc) is 3.33. The maximum absolute atomic E-state index is 10.2. The molecule has 0 aliphatic heterocycles. The summed E-state index contributed by atoms with van der Waals surface area (Å²) in [7, 11) is 0. The molecular weight excluding hydrogens is 761 g/mol. The average molecular weight is 811 g/mol. The molecule has 0 saturated heterocycles. The number of hydrogen-bond acceptors (Lipinski definition) is 5. The molecule has 0 aliphatic carbocycles. The Kier molecular flexibility index (Phi) is 14.6. The summed E-state index contributed by atoms with van der Waals surface area (Å²) >= 11 is 0. The van der Waals surface area contributed by atoms with E-state index in [1.54, 1.807) is 12.1 Å². The van der Waals surface area contributed by atoms with Crippen LogP contribution in [0.4, 0.5) is 39.8 Å². The number of unbranched alkanes of at least 4 members (excludes halogenated alkanes) is 2. The van der Waals surface area contributed by atoms with Gasteiger partial charge in [0.05, 0.1) is 31.4 Å². The van der Waals surface area contributed by atoms with Crippen LogP contribution in [-0.4, -0.2) is 13.2 Å². The van der Waals surface area contributed by atoms with Gasteiger partial charge in [-0.3, -0.25) is 0 Å². The second-order valence-corrected chi connectivity index (χ2v) is 14.8. The minimum Gasteiger partial charge on any atom is -0.494 e. The first-order valence-corrected chi connectivity index (χ1v) is 21.2. The smallest absolute Gasteiger partial charge is 0.194 e. The molecule has 0 aromatic heterocycles. The fourth-order valence-corrected chi connectivity index (χ4v) is 7.03. The van der Waals surface area contributed by atoms with Gasteiger partial charge >= 0.3 is 0 Å². The molecule has 0 N–H and O–H groups in total. The summed E-state index contributed by atoms with van der Waals surface area (Å²) in [6.45, 7) is 13.7. The van der Waals surface area contributed by atoms with E-state index in [0.717, 1.165) is 82.4 Å². The van der Waals surface area contributed by atoms with Gasteiger partial charge in [-0.2, -0.15) is 5.26 Å². The quantitative estimate of drug-likeness (QED) is 0.0491. The van der Waals surface area contributed by atoms with Crippen LogP contribution in [0.25, 0.3) is 29.1 Å². The van der Waals surface area contributed by atoms with Gasteiger partial charge in [0.2, 0.25) is 0 Å². The van der Waals surface area contributed by atoms with Gasteiger partial charge in [-0.25, -0.2) is 4.85 Å². The molecule has 62 heavy (non-hydrogen) atoms. The van der Waals surface area contributed by atoms with Gasteiger partial charge in [0, 0.05) is 34.1 Å². The lowest BCUT2D eigenvalue weighted by atomic mass is 10.0. The van der Waals surface area contributed by atoms with Crippen molar-refractivity contribution in [3.63, 3.8) is 0 Å². The predicted octanol–water partition coefficient (Wildman–Crippen LogP) is 15.7. The highest BCUT2D eigenvalue weighted by Crippen LogP contribution is 2.37. The van der Waals surface area contributed by atoms with E-state index < -0.39 is 0 Å². The van der Waals surface area contributed by atoms with Crippen molar-refractivity contribution in [3.05, 3.63) is 209 Å². The molecule has 0 unspecified atom stereocenters. The third-order valence-corrected chi connectivity index (χ3v) is 10.4. The minimum absolute atomic E-state index is 0.476. The number of benzene rings is 7. The summed E-state index contributed by atoms with van der Waals surface area (Å²) in [6.07, 6.45) is 12.0. The number of nitriles is 1. The van der Waals surface area contributed by atoms with Crippen molar-refractivity contribution in [2.75, 3.05) is 23.0 Å². The van der Waals surface area contributed by atoms with E-state index in [1.807, 2.05) is 85.0 Å². The van der Waals surface area contributed by atoms with Gasteiger partial charge in [0.1, 0.15) is 11.5 Å². The highest BCUT2D eigenvalue weighted by molar-refractivity contribution is 5.84. The number of anilines is 6. The Labute approximate surface area is 366 Å². The van der Waals surface area contributed by atoms with E-state index in [9.17, 15) is 5.26 Å². The number of ether oxygens (including phenoxy) is 2. The van der Waals surface area contributed by atoms with Crippen molar-refractivity contribution in [2.45, 2.75) is 39.5 Å². The number of rotatable bonds is 18. The lowest BCUT2D eigenvalue weighted by Gasteiger charge is -2.25. The van der Waals surface area contributed by atoms with Crippen LogP contribution in [-0.2, 0) is 0 Å². The van der Waals surface area contributed by atoms with E-state index in [-0.39, 0.29) is 0 Å². The van der Waals surface area contributed by atoms with Crippen molar-refractivity contribution >= 4 is 64.1 Å². The van der Waals surface area contributed by atoms with Crippen LogP contribution in [0, 0.1) is 17.9 Å². The minimum atomic E-state index is 0.476. The monoisotopic (exact) mass is 810 g/mol. The predicted molar refractivity (Wildman–Crippen MR) is 258 cm³/mol. The Morgan fingerprint density at radius 3 is 1.27 bits per heavy atom. The first-order valence-electron chi connectivity index (χ1n) is 21.2. The van der Waals surface area contributed by atoms with E-state index in [2.05, 4.69) is 132 Å². The second kappa shape index (κ2) is 21.5. The zero-order valence-corrected chi connectivity index (χ0v) is 35.3. The lowest BCUT2D eigenvalue weighted by Crippen LogP contribution is -2.09. The molecule has 7 aromatic rings. The van der Waals surface area contributed by atoms with Gasteiger partial charge in [-0.15, -0.1) is 0 Å². The maximum Gasteiger partial charge on any atom is 0.194 e. The summed E-state index contributed by atoms with van der Waals surface area (Å²) in [5.41, 5.74) is 10.5. The molecular formula is C56H50N4O2. The van der Waals surface area contributed by atoms with Crippen molar-refractivity contribution < 1.29 is 9.47 Å². The molecule has 0 fully saturated rings. The van der Waals surface area contributed by atoms with Crippen molar-refractivity contribution in [3.8, 4) is 17.6 Å². The van der Waals surface area contributed by atoms with Gasteiger partial charge in [0.25, 0.3) is 0 Å². The first-order chi connectivity index (χ1) is 30.6. The van der Waals surface area contributed by atoms with E-state index in [1.165, 1.54) is 0 Å². The molecule has 0 amide bonds. The molecule has 0 radical (unpaired) electrons. The summed E-state index contributed by atoms with van der Waals surface area (Å²) in [5.74, 6) is 1.72. The maximum atomic E-state index is 10.2. The molecule has 6 nitrogen and oxygen atoms in total. The summed E-state index contributed by atoms with van der Waals surface area (Å²) in [5, 5.41) is 10.2. The Hall–Kier alpha value is -7.80. The highest BCUT2D eigenvalue weighted by Gasteiger charge is 2.14. The zero-order valence-electron chi connectivity index (χ0n) is 35.3. The second-order valence-electron chi connectivity index (χ2n) is 14.8. The van der Waals surface area contributed by atoms with E-state index >= 15 is 0 Å². The van der Waals surface area contributed by atoms with Crippen molar-refractivity contribution in [1.29, 1.82) is 5.26 Å². The highest BCUT2D eigenvalue weighted by atomic mass is 16.5. The molecule has 6 heteroatoms. The Morgan fingerprint density at radius 2 is 0.887 bits per heavy atom. The van der Waals surface area contributed by atoms with Crippen LogP contribution in [0.3, 0.4) is 0 Å². The third-order valence-electron chi connectivity index (χ3n) is 10.4. The fourth-order valence-electron chi connectivity index (χ4n) is 7.03. The van der Waals surface area contributed by atoms with Gasteiger partial charge in [-0.1, -0.05) is 112 Å². The van der Waals surface area contributed by atoms with Crippen molar-refractivity contribution in [2.24, 2.45) is 0 Å². The number of hydrogen-bond donors (Lipinski definition) is 0. The molecule has 0 atom stereocenters. The molecule has 0 heterocycles. The summed E-state index contributed by atoms with van der Waals surface area (Å²) < 4.78 is 11.8. The van der Waals surface area contributed by atoms with Gasteiger partial charge in [0.15, 0.2) is 5.69 Å². The molecule has 0 saturated carbocycles. The molecule has 7 rings (SSSR count). The van der Waals surface area contributed by atoms with Crippen LogP contribution in [0.15, 0.2) is 170 Å². The van der Waals surface area contributed by atoms with Crippen LogP contribution in [0.1, 0.15) is 67.3 Å². The SMILES string of the molecule is [C-]#[N+]c1cc(/C=C/c2ccc(N(c3ccccc3)c3ccc(OCCCC)cc3)cc2)c(C#N)cc1/C=C/c1ccc(N(c2ccccc2)c2ccc(OCCCC)cc2)cc1. The zero-order chi connectivity index (χ0) is 42.9. The molecule has 306 valence electrons. The summed E-state index contributed by atoms with van der Waals surface area (Å²) in [6, 6.07) is 59.6. The molecule has 0 bridgehead atoms. The van der Waals surface area contributed by atoms with Crippen molar-refractivity contribution in [1.82, 2.24) is 0 Å². The Morgan fingerprint density at radius 1 is 0.500 bits per heavy atom. The van der Waals surface area contributed by atoms with E-state index in [0.29, 0.717) is 35.6 Å². The van der Waals surface area contributed by atoms with Gasteiger partial charge < -0.3 is 19.3 Å². The fraction of sp³-hybridized carbons (Fsp3) is 0.143. The molecule has 7 aromatic carbocycles. The Bertz CT molecular complexity index is 2450. The molecule has 0 aliphatic rings. The topological polar surface area (TPSA) is 53.1 Å². The molecule has 0 spiro atoms. The van der Waals surface area contributed by atoms with Crippen LogP contribution < -0.4 is 19.3 Å². The third kappa shape index (κ3) is 10.9.